The number of amides is 1. The average Bonchev–Trinajstić information content (AvgIpc) is 2.68. The van der Waals surface area contributed by atoms with Gasteiger partial charge in [0.15, 0.2) is 0 Å². The van der Waals surface area contributed by atoms with Gasteiger partial charge in [-0.3, -0.25) is 4.79 Å². The Balaban J connectivity index is 0.00000182. The summed E-state index contributed by atoms with van der Waals surface area (Å²) in [6, 6.07) is 3.66. The number of morpholine rings is 1. The number of hydrogen-bond donors (Lipinski definition) is 2. The van der Waals surface area contributed by atoms with Crippen LogP contribution in [0.3, 0.4) is 0 Å². The number of carbonyl (C=O) groups excluding carboxylic acids is 1. The third kappa shape index (κ3) is 6.19. The zero-order chi connectivity index (χ0) is 17.5. The predicted molar refractivity (Wildman–Crippen MR) is 111 cm³/mol. The highest BCUT2D eigenvalue weighted by atomic mass is 35.5. The number of hydrogen-bond acceptors (Lipinski definition) is 6. The minimum Gasteiger partial charge on any atom is -0.384 e. The maximum absolute atomic E-state index is 12.8. The molecule has 0 unspecified atom stereocenters. The van der Waals surface area contributed by atoms with Gasteiger partial charge in [0, 0.05) is 38.4 Å². The monoisotopic (exact) mass is 420 g/mol. The summed E-state index contributed by atoms with van der Waals surface area (Å²) in [5.74, 6) is 0.679. The van der Waals surface area contributed by atoms with Gasteiger partial charge in [0.25, 0.3) is 5.91 Å². The first kappa shape index (κ1) is 23.9. The number of anilines is 1. The first-order valence-electron chi connectivity index (χ1n) is 9.00. The fourth-order valence-electron chi connectivity index (χ4n) is 3.60. The number of carbonyl (C=O) groups is 1. The predicted octanol–water partition coefficient (Wildman–Crippen LogP) is 1.51. The number of aromatic nitrogens is 1. The van der Waals surface area contributed by atoms with Crippen molar-refractivity contribution in [1.82, 2.24) is 15.6 Å². The van der Waals surface area contributed by atoms with Crippen molar-refractivity contribution in [2.75, 3.05) is 64.6 Å². The summed E-state index contributed by atoms with van der Waals surface area (Å²) in [5.41, 5.74) is 0.641. The molecule has 9 heteroatoms. The highest BCUT2D eigenvalue weighted by Gasteiger charge is 2.33. The van der Waals surface area contributed by atoms with Gasteiger partial charge in [0.05, 0.1) is 25.4 Å². The Morgan fingerprint density at radius 3 is 2.70 bits per heavy atom. The van der Waals surface area contributed by atoms with Crippen molar-refractivity contribution in [1.29, 1.82) is 0 Å². The summed E-state index contributed by atoms with van der Waals surface area (Å²) in [4.78, 5) is 19.4. The summed E-state index contributed by atoms with van der Waals surface area (Å²) >= 11 is 0. The van der Waals surface area contributed by atoms with E-state index in [-0.39, 0.29) is 36.1 Å². The summed E-state index contributed by atoms with van der Waals surface area (Å²) in [5, 5.41) is 6.50. The van der Waals surface area contributed by atoms with Crippen molar-refractivity contribution in [3.63, 3.8) is 0 Å². The lowest BCUT2D eigenvalue weighted by Crippen LogP contribution is -2.47. The van der Waals surface area contributed by atoms with E-state index in [9.17, 15) is 4.79 Å². The SMILES string of the molecule is COCC1(CNC(=O)c2cccnc2N2CCOCC2)CCNCC1.Cl.Cl. The first-order valence-corrected chi connectivity index (χ1v) is 9.00. The van der Waals surface area contributed by atoms with Crippen LogP contribution in [0.5, 0.6) is 0 Å². The molecular weight excluding hydrogens is 391 g/mol. The van der Waals surface area contributed by atoms with E-state index in [4.69, 9.17) is 9.47 Å². The molecule has 7 nitrogen and oxygen atoms in total. The Labute approximate surface area is 173 Å². The third-order valence-corrected chi connectivity index (χ3v) is 5.08. The molecular formula is C18H30Cl2N4O3. The number of nitrogens with zero attached hydrogens (tertiary/aromatic N) is 2. The molecule has 1 aromatic heterocycles. The van der Waals surface area contributed by atoms with Crippen LogP contribution in [0.15, 0.2) is 18.3 Å². The van der Waals surface area contributed by atoms with Crippen LogP contribution < -0.4 is 15.5 Å². The van der Waals surface area contributed by atoms with Gasteiger partial charge in [-0.15, -0.1) is 24.8 Å². The molecule has 2 saturated heterocycles. The van der Waals surface area contributed by atoms with Crippen molar-refractivity contribution in [2.24, 2.45) is 5.41 Å². The van der Waals surface area contributed by atoms with E-state index >= 15 is 0 Å². The Kier molecular flexibility index (Phi) is 10.3. The molecule has 3 rings (SSSR count). The lowest BCUT2D eigenvalue weighted by molar-refractivity contribution is 0.0511. The second kappa shape index (κ2) is 11.7. The van der Waals surface area contributed by atoms with E-state index in [1.165, 1.54) is 0 Å². The highest BCUT2D eigenvalue weighted by molar-refractivity contribution is 5.98. The number of pyridine rings is 1. The second-order valence-electron chi connectivity index (χ2n) is 6.84. The molecule has 0 spiro atoms. The summed E-state index contributed by atoms with van der Waals surface area (Å²) in [7, 11) is 1.73. The minimum absolute atomic E-state index is 0. The number of halogens is 2. The molecule has 1 aromatic rings. The van der Waals surface area contributed by atoms with E-state index in [1.54, 1.807) is 13.3 Å². The van der Waals surface area contributed by atoms with Crippen molar-refractivity contribution < 1.29 is 14.3 Å². The topological polar surface area (TPSA) is 75.7 Å². The van der Waals surface area contributed by atoms with Crippen LogP contribution in [0.4, 0.5) is 5.82 Å². The summed E-state index contributed by atoms with van der Waals surface area (Å²) in [6.45, 7) is 6.07. The molecule has 154 valence electrons. The van der Waals surface area contributed by atoms with Crippen molar-refractivity contribution in [2.45, 2.75) is 12.8 Å². The quantitative estimate of drug-likeness (QED) is 0.726. The largest absolute Gasteiger partial charge is 0.384 e. The number of methoxy groups -OCH3 is 1. The van der Waals surface area contributed by atoms with Crippen molar-refractivity contribution in [3.8, 4) is 0 Å². The second-order valence-corrected chi connectivity index (χ2v) is 6.84. The molecule has 0 aliphatic carbocycles. The zero-order valence-corrected chi connectivity index (χ0v) is 17.4. The molecule has 1 amide bonds. The van der Waals surface area contributed by atoms with Gasteiger partial charge in [0.1, 0.15) is 5.82 Å². The van der Waals surface area contributed by atoms with Gasteiger partial charge < -0.3 is 25.0 Å². The molecule has 2 aliphatic rings. The van der Waals surface area contributed by atoms with Crippen molar-refractivity contribution in [3.05, 3.63) is 23.9 Å². The van der Waals surface area contributed by atoms with Gasteiger partial charge >= 0.3 is 0 Å². The van der Waals surface area contributed by atoms with E-state index in [0.29, 0.717) is 31.9 Å². The molecule has 0 radical (unpaired) electrons. The Morgan fingerprint density at radius 2 is 2.04 bits per heavy atom. The third-order valence-electron chi connectivity index (χ3n) is 5.08. The fourth-order valence-corrected chi connectivity index (χ4v) is 3.60. The van der Waals surface area contributed by atoms with Gasteiger partial charge in [-0.25, -0.2) is 4.98 Å². The number of piperidine rings is 1. The van der Waals surface area contributed by atoms with Crippen LogP contribution in [-0.2, 0) is 9.47 Å². The van der Waals surface area contributed by atoms with E-state index < -0.39 is 0 Å². The number of nitrogens with one attached hydrogen (secondary N) is 2. The van der Waals surface area contributed by atoms with Gasteiger partial charge in [-0.1, -0.05) is 0 Å². The Hall–Kier alpha value is -1.12. The van der Waals surface area contributed by atoms with Gasteiger partial charge in [-0.2, -0.15) is 0 Å². The number of ether oxygens (including phenoxy) is 2. The molecule has 2 aliphatic heterocycles. The van der Waals surface area contributed by atoms with Crippen LogP contribution in [0.1, 0.15) is 23.2 Å². The molecule has 0 saturated carbocycles. The maximum Gasteiger partial charge on any atom is 0.255 e. The van der Waals surface area contributed by atoms with Gasteiger partial charge in [0.2, 0.25) is 0 Å². The smallest absolute Gasteiger partial charge is 0.255 e. The standard InChI is InChI=1S/C18H28N4O3.2ClH/c1-24-14-18(4-7-19-8-5-18)13-21-17(23)15-3-2-6-20-16(15)22-9-11-25-12-10-22;;/h2-3,6,19H,4-5,7-14H2,1H3,(H,21,23);2*1H. The molecule has 2 N–H and O–H groups in total. The van der Waals surface area contributed by atoms with E-state index in [0.717, 1.165) is 44.8 Å². The molecule has 27 heavy (non-hydrogen) atoms. The van der Waals surface area contributed by atoms with Gasteiger partial charge in [-0.05, 0) is 38.1 Å². The zero-order valence-electron chi connectivity index (χ0n) is 15.7. The average molecular weight is 421 g/mol. The fraction of sp³-hybridized carbons (Fsp3) is 0.667. The van der Waals surface area contributed by atoms with Crippen LogP contribution in [0.2, 0.25) is 0 Å². The molecule has 0 atom stereocenters. The first-order chi connectivity index (χ1) is 12.2. The summed E-state index contributed by atoms with van der Waals surface area (Å²) in [6.07, 6.45) is 3.75. The van der Waals surface area contributed by atoms with Crippen molar-refractivity contribution >= 4 is 36.5 Å². The number of rotatable bonds is 6. The lowest BCUT2D eigenvalue weighted by Gasteiger charge is -2.37. The van der Waals surface area contributed by atoms with Crippen LogP contribution in [0, 0.1) is 5.41 Å². The molecule has 0 aromatic carbocycles. The van der Waals surface area contributed by atoms with E-state index in [2.05, 4.69) is 20.5 Å². The van der Waals surface area contributed by atoms with Crippen LogP contribution >= 0.6 is 24.8 Å². The Morgan fingerprint density at radius 1 is 1.33 bits per heavy atom. The normalized spacial score (nSPS) is 18.8. The minimum atomic E-state index is -0.0661. The van der Waals surface area contributed by atoms with Crippen LogP contribution in [0.25, 0.3) is 0 Å². The molecule has 3 heterocycles. The molecule has 2 fully saturated rings. The van der Waals surface area contributed by atoms with Crippen LogP contribution in [-0.4, -0.2) is 70.5 Å². The maximum atomic E-state index is 12.8. The highest BCUT2D eigenvalue weighted by Crippen LogP contribution is 2.28. The lowest BCUT2D eigenvalue weighted by atomic mass is 9.79. The summed E-state index contributed by atoms with van der Waals surface area (Å²) < 4.78 is 10.8. The Bertz CT molecular complexity index is 574. The van der Waals surface area contributed by atoms with E-state index in [1.807, 2.05) is 12.1 Å². The molecule has 0 bridgehead atoms.